The molecule has 0 atom stereocenters. The molecule has 3 rings (SSSR count). The summed E-state index contributed by atoms with van der Waals surface area (Å²) in [6.45, 7) is 9.21. The quantitative estimate of drug-likeness (QED) is 0.589. The zero-order valence-electron chi connectivity index (χ0n) is 16.9. The van der Waals surface area contributed by atoms with Crippen molar-refractivity contribution >= 4 is 18.6 Å². The van der Waals surface area contributed by atoms with Gasteiger partial charge in [-0.2, -0.15) is 0 Å². The number of ether oxygens (including phenoxy) is 1. The minimum atomic E-state index is -0.945. The second-order valence-electron chi connectivity index (χ2n) is 7.96. The van der Waals surface area contributed by atoms with Crippen molar-refractivity contribution in [3.05, 3.63) is 53.1 Å². The Balaban J connectivity index is 2.05. The van der Waals surface area contributed by atoms with Gasteiger partial charge in [0.15, 0.2) is 0 Å². The van der Waals surface area contributed by atoms with Gasteiger partial charge in [0.25, 0.3) is 0 Å². The normalized spacial score (nSPS) is 17.6. The summed E-state index contributed by atoms with van der Waals surface area (Å²) in [5.41, 5.74) is 0.619. The molecule has 7 heteroatoms. The van der Waals surface area contributed by atoms with Gasteiger partial charge >= 0.3 is 13.1 Å². The first-order valence-corrected chi connectivity index (χ1v) is 9.01. The van der Waals surface area contributed by atoms with Gasteiger partial charge in [-0.15, -0.1) is 0 Å². The van der Waals surface area contributed by atoms with Crippen molar-refractivity contribution in [1.82, 2.24) is 0 Å². The summed E-state index contributed by atoms with van der Waals surface area (Å²) in [6.07, 6.45) is 0. The van der Waals surface area contributed by atoms with Gasteiger partial charge in [-0.3, -0.25) is 0 Å². The zero-order chi connectivity index (χ0) is 20.9. The number of hydrogen-bond acceptors (Lipinski definition) is 4. The van der Waals surface area contributed by atoms with Crippen LogP contribution >= 0.6 is 0 Å². The number of esters is 1. The van der Waals surface area contributed by atoms with Crippen LogP contribution in [0.25, 0.3) is 11.1 Å². The summed E-state index contributed by atoms with van der Waals surface area (Å²) < 4.78 is 45.7. The van der Waals surface area contributed by atoms with Gasteiger partial charge in [-0.05, 0) is 63.9 Å². The van der Waals surface area contributed by atoms with Gasteiger partial charge in [-0.1, -0.05) is 6.07 Å². The highest BCUT2D eigenvalue weighted by Crippen LogP contribution is 2.37. The molecule has 0 saturated carbocycles. The van der Waals surface area contributed by atoms with Gasteiger partial charge in [-0.25, -0.2) is 13.6 Å². The molecule has 1 aliphatic heterocycles. The van der Waals surface area contributed by atoms with Crippen molar-refractivity contribution in [2.24, 2.45) is 0 Å². The van der Waals surface area contributed by atoms with Crippen molar-refractivity contribution in [2.75, 3.05) is 7.11 Å². The number of benzene rings is 2. The maximum Gasteiger partial charge on any atom is 0.497 e. The number of halogens is 2. The monoisotopic (exact) mass is 388 g/mol. The second-order valence-corrected chi connectivity index (χ2v) is 7.96. The average Bonchev–Trinajstić information content (AvgIpc) is 2.82. The van der Waals surface area contributed by atoms with Crippen LogP contribution in [0.3, 0.4) is 0 Å². The largest absolute Gasteiger partial charge is 0.497 e. The maximum absolute atomic E-state index is 14.6. The molecule has 1 fully saturated rings. The molecule has 0 bridgehead atoms. The molecule has 2 aromatic carbocycles. The van der Waals surface area contributed by atoms with Crippen molar-refractivity contribution in [2.45, 2.75) is 45.8 Å². The van der Waals surface area contributed by atoms with Gasteiger partial charge in [0.1, 0.15) is 11.6 Å². The lowest BCUT2D eigenvalue weighted by molar-refractivity contribution is 0.00578. The van der Waals surface area contributed by atoms with Gasteiger partial charge < -0.3 is 14.0 Å². The number of carbonyl (C=O) groups excluding carboxylic acids is 1. The van der Waals surface area contributed by atoms with Crippen LogP contribution in [0.4, 0.5) is 8.78 Å². The number of methoxy groups -OCH3 is 1. The Kier molecular flexibility index (Phi) is 5.10. The van der Waals surface area contributed by atoms with E-state index < -0.39 is 35.9 Å². The Morgan fingerprint density at radius 3 is 2.11 bits per heavy atom. The van der Waals surface area contributed by atoms with Gasteiger partial charge in [0, 0.05) is 17.1 Å². The minimum Gasteiger partial charge on any atom is -0.465 e. The maximum atomic E-state index is 14.6. The van der Waals surface area contributed by atoms with Crippen molar-refractivity contribution < 1.29 is 27.6 Å². The Labute approximate surface area is 163 Å². The minimum absolute atomic E-state index is 0.131. The van der Waals surface area contributed by atoms with Crippen molar-refractivity contribution in [3.8, 4) is 11.1 Å². The lowest BCUT2D eigenvalue weighted by atomic mass is 9.77. The number of rotatable bonds is 3. The summed E-state index contributed by atoms with van der Waals surface area (Å²) in [4.78, 5) is 11.7. The molecule has 1 aliphatic rings. The van der Waals surface area contributed by atoms with Gasteiger partial charge in [0.2, 0.25) is 0 Å². The molecule has 0 aliphatic carbocycles. The van der Waals surface area contributed by atoms with E-state index in [1.165, 1.54) is 13.2 Å². The molecule has 0 spiro atoms. The zero-order valence-corrected chi connectivity index (χ0v) is 16.9. The van der Waals surface area contributed by atoms with Crippen LogP contribution in [0.15, 0.2) is 30.3 Å². The Hall–Kier alpha value is -2.25. The summed E-state index contributed by atoms with van der Waals surface area (Å²) >= 11 is 0. The molecular formula is C21H23BF2O4. The molecule has 28 heavy (non-hydrogen) atoms. The van der Waals surface area contributed by atoms with Crippen LogP contribution in [-0.4, -0.2) is 31.4 Å². The van der Waals surface area contributed by atoms with Crippen molar-refractivity contribution in [3.63, 3.8) is 0 Å². The Morgan fingerprint density at radius 1 is 0.964 bits per heavy atom. The molecule has 2 aromatic rings. The van der Waals surface area contributed by atoms with E-state index >= 15 is 0 Å². The molecule has 148 valence electrons. The average molecular weight is 388 g/mol. The predicted octanol–water partition coefficient (Wildman–Crippen LogP) is 4.03. The summed E-state index contributed by atoms with van der Waals surface area (Å²) in [7, 11) is 0.348. The van der Waals surface area contributed by atoms with E-state index in [0.29, 0.717) is 16.7 Å². The van der Waals surface area contributed by atoms with Crippen LogP contribution in [0.2, 0.25) is 0 Å². The summed E-state index contributed by atoms with van der Waals surface area (Å²) in [5, 5.41) is 0. The standard InChI is InChI=1S/C21H23BF2O4/c1-12-9-13(19(25)26-6)7-8-14(12)15-10-16(18(24)11-17(15)23)22-27-20(2,3)21(4,5)28-22/h7-11H,1-6H3. The summed E-state index contributed by atoms with van der Waals surface area (Å²) in [6, 6.07) is 7.02. The highest BCUT2D eigenvalue weighted by molar-refractivity contribution is 6.62. The van der Waals surface area contributed by atoms with E-state index in [2.05, 4.69) is 0 Å². The molecule has 1 saturated heterocycles. The van der Waals surface area contributed by atoms with Gasteiger partial charge in [0.05, 0.1) is 23.9 Å². The number of aryl methyl sites for hydroxylation is 1. The number of carbonyl (C=O) groups is 1. The third-order valence-corrected chi connectivity index (χ3v) is 5.53. The first kappa shape index (κ1) is 20.5. The Morgan fingerprint density at radius 2 is 1.57 bits per heavy atom. The molecule has 0 radical (unpaired) electrons. The van der Waals surface area contributed by atoms with E-state index in [1.807, 2.05) is 27.7 Å². The highest BCUT2D eigenvalue weighted by atomic mass is 19.1. The number of hydrogen-bond donors (Lipinski definition) is 0. The van der Waals surface area contributed by atoms with E-state index in [9.17, 15) is 13.6 Å². The fourth-order valence-electron chi connectivity index (χ4n) is 3.13. The van der Waals surface area contributed by atoms with Crippen LogP contribution in [0, 0.1) is 18.6 Å². The lowest BCUT2D eigenvalue weighted by Gasteiger charge is -2.32. The molecule has 0 N–H and O–H groups in total. The van der Waals surface area contributed by atoms with Crippen LogP contribution in [0.1, 0.15) is 43.6 Å². The predicted molar refractivity (Wildman–Crippen MR) is 104 cm³/mol. The van der Waals surface area contributed by atoms with E-state index in [4.69, 9.17) is 14.0 Å². The molecule has 4 nitrogen and oxygen atoms in total. The SMILES string of the molecule is COC(=O)c1ccc(-c2cc(B3OC(C)(C)C(C)(C)O3)c(F)cc2F)c(C)c1. The highest BCUT2D eigenvalue weighted by Gasteiger charge is 2.52. The fraction of sp³-hybridized carbons (Fsp3) is 0.381. The first-order valence-electron chi connectivity index (χ1n) is 9.01. The third kappa shape index (κ3) is 3.44. The van der Waals surface area contributed by atoms with Crippen LogP contribution in [-0.2, 0) is 14.0 Å². The third-order valence-electron chi connectivity index (χ3n) is 5.53. The molecule has 0 aromatic heterocycles. The molecule has 0 amide bonds. The topological polar surface area (TPSA) is 44.8 Å². The van der Waals surface area contributed by atoms with E-state index in [-0.39, 0.29) is 11.0 Å². The smallest absolute Gasteiger partial charge is 0.465 e. The van der Waals surface area contributed by atoms with Crippen molar-refractivity contribution in [1.29, 1.82) is 0 Å². The fourth-order valence-corrected chi connectivity index (χ4v) is 3.13. The lowest BCUT2D eigenvalue weighted by Crippen LogP contribution is -2.41. The van der Waals surface area contributed by atoms with E-state index in [1.54, 1.807) is 25.1 Å². The second kappa shape index (κ2) is 6.97. The van der Waals surface area contributed by atoms with Crippen LogP contribution < -0.4 is 5.46 Å². The van der Waals surface area contributed by atoms with Crippen LogP contribution in [0.5, 0.6) is 0 Å². The summed E-state index contributed by atoms with van der Waals surface area (Å²) in [5.74, 6) is -1.91. The molecule has 0 unspecified atom stereocenters. The van der Waals surface area contributed by atoms with E-state index in [0.717, 1.165) is 6.07 Å². The Bertz CT molecular complexity index is 924. The molecular weight excluding hydrogens is 365 g/mol. The molecule has 1 heterocycles. The first-order chi connectivity index (χ1) is 13.0.